The molecular weight excluding hydrogens is 276 g/mol. The predicted octanol–water partition coefficient (Wildman–Crippen LogP) is 2.75. The molecule has 0 heterocycles. The molecule has 0 atom stereocenters. The number of nitrogens with one attached hydrogen (secondary N) is 1. The lowest BCUT2D eigenvalue weighted by molar-refractivity contribution is -0.123. The van der Waals surface area contributed by atoms with Crippen molar-refractivity contribution in [3.8, 4) is 0 Å². The number of hydrogen-bond acceptors (Lipinski definition) is 2. The van der Waals surface area contributed by atoms with Gasteiger partial charge in [0.2, 0.25) is 11.8 Å². The van der Waals surface area contributed by atoms with Crippen molar-refractivity contribution in [2.75, 3.05) is 11.4 Å². The van der Waals surface area contributed by atoms with Gasteiger partial charge in [-0.25, -0.2) is 0 Å². The van der Waals surface area contributed by atoms with Crippen molar-refractivity contribution in [3.63, 3.8) is 0 Å². The van der Waals surface area contributed by atoms with Gasteiger partial charge in [0.1, 0.15) is 6.54 Å². The number of hydrogen-bond donors (Lipinski definition) is 1. The van der Waals surface area contributed by atoms with E-state index in [-0.39, 0.29) is 24.4 Å². The zero-order chi connectivity index (χ0) is 14.5. The van der Waals surface area contributed by atoms with E-state index in [1.807, 2.05) is 0 Å². The molecule has 5 heteroatoms. The largest absolute Gasteiger partial charge is 0.352 e. The molecule has 1 aromatic carbocycles. The van der Waals surface area contributed by atoms with Gasteiger partial charge in [-0.15, -0.1) is 0 Å². The molecule has 0 spiro atoms. The van der Waals surface area contributed by atoms with E-state index in [0.717, 1.165) is 12.8 Å². The van der Waals surface area contributed by atoms with Gasteiger partial charge in [-0.1, -0.05) is 24.4 Å². The Balaban J connectivity index is 1.99. The van der Waals surface area contributed by atoms with Gasteiger partial charge in [-0.2, -0.15) is 0 Å². The maximum Gasteiger partial charge on any atom is 0.240 e. The van der Waals surface area contributed by atoms with Crippen molar-refractivity contribution in [2.45, 2.75) is 38.6 Å². The van der Waals surface area contributed by atoms with Crippen LogP contribution in [0.5, 0.6) is 0 Å². The first-order valence-electron chi connectivity index (χ1n) is 6.89. The SMILES string of the molecule is CC(=O)N(CC(=O)NC1CCCC1)c1ccc(Cl)cc1. The molecule has 4 nitrogen and oxygen atoms in total. The number of anilines is 1. The molecule has 1 aliphatic carbocycles. The van der Waals surface area contributed by atoms with E-state index in [4.69, 9.17) is 11.6 Å². The van der Waals surface area contributed by atoms with Crippen LogP contribution in [0.25, 0.3) is 0 Å². The van der Waals surface area contributed by atoms with Gasteiger partial charge >= 0.3 is 0 Å². The highest BCUT2D eigenvalue weighted by Gasteiger charge is 2.20. The second-order valence-corrected chi connectivity index (χ2v) is 5.57. The van der Waals surface area contributed by atoms with Crippen LogP contribution in [0, 0.1) is 0 Å². The van der Waals surface area contributed by atoms with Crippen molar-refractivity contribution in [2.24, 2.45) is 0 Å². The minimum absolute atomic E-state index is 0.0491. The third-order valence-corrected chi connectivity index (χ3v) is 3.79. The van der Waals surface area contributed by atoms with Gasteiger partial charge in [0.15, 0.2) is 0 Å². The molecule has 0 saturated heterocycles. The van der Waals surface area contributed by atoms with Crippen LogP contribution in [-0.2, 0) is 9.59 Å². The summed E-state index contributed by atoms with van der Waals surface area (Å²) in [5.74, 6) is -0.268. The molecule has 1 saturated carbocycles. The normalized spacial score (nSPS) is 15.1. The first-order chi connectivity index (χ1) is 9.56. The highest BCUT2D eigenvalue weighted by Crippen LogP contribution is 2.19. The Hall–Kier alpha value is -1.55. The number of carbonyl (C=O) groups is 2. The molecule has 1 N–H and O–H groups in total. The summed E-state index contributed by atoms with van der Waals surface area (Å²) in [5, 5.41) is 3.59. The number of rotatable bonds is 4. The van der Waals surface area contributed by atoms with Crippen molar-refractivity contribution >= 4 is 29.1 Å². The quantitative estimate of drug-likeness (QED) is 0.928. The van der Waals surface area contributed by atoms with Crippen LogP contribution in [0.15, 0.2) is 24.3 Å². The molecule has 0 bridgehead atoms. The Bertz CT molecular complexity index is 481. The summed E-state index contributed by atoms with van der Waals surface area (Å²) in [7, 11) is 0. The molecule has 2 amide bonds. The number of halogens is 1. The van der Waals surface area contributed by atoms with Crippen molar-refractivity contribution in [1.82, 2.24) is 5.32 Å². The highest BCUT2D eigenvalue weighted by molar-refractivity contribution is 6.30. The fourth-order valence-electron chi connectivity index (χ4n) is 2.49. The van der Waals surface area contributed by atoms with E-state index in [0.29, 0.717) is 10.7 Å². The molecular formula is C15H19ClN2O2. The summed E-state index contributed by atoms with van der Waals surface area (Å²) in [6.07, 6.45) is 4.40. The molecule has 1 fully saturated rings. The number of nitrogens with zero attached hydrogens (tertiary/aromatic N) is 1. The average molecular weight is 295 g/mol. The van der Waals surface area contributed by atoms with Gasteiger partial charge in [-0.05, 0) is 37.1 Å². The summed E-state index contributed by atoms with van der Waals surface area (Å²) < 4.78 is 0. The average Bonchev–Trinajstić information content (AvgIpc) is 2.90. The number of carbonyl (C=O) groups excluding carboxylic acids is 2. The van der Waals surface area contributed by atoms with Gasteiger partial charge in [0.25, 0.3) is 0 Å². The Labute approximate surface area is 124 Å². The first kappa shape index (κ1) is 14.9. The van der Waals surface area contributed by atoms with E-state index in [9.17, 15) is 9.59 Å². The van der Waals surface area contributed by atoms with Crippen LogP contribution in [0.2, 0.25) is 5.02 Å². The summed E-state index contributed by atoms with van der Waals surface area (Å²) in [6, 6.07) is 7.17. The smallest absolute Gasteiger partial charge is 0.240 e. The van der Waals surface area contributed by atoms with Crippen LogP contribution in [-0.4, -0.2) is 24.4 Å². The monoisotopic (exact) mass is 294 g/mol. The zero-order valence-corrected chi connectivity index (χ0v) is 12.3. The summed E-state index contributed by atoms with van der Waals surface area (Å²) in [4.78, 5) is 25.2. The minimum atomic E-state index is -0.158. The van der Waals surface area contributed by atoms with E-state index < -0.39 is 0 Å². The van der Waals surface area contributed by atoms with Crippen LogP contribution in [0.3, 0.4) is 0 Å². The van der Waals surface area contributed by atoms with Crippen LogP contribution in [0.4, 0.5) is 5.69 Å². The van der Waals surface area contributed by atoms with Gasteiger partial charge in [0, 0.05) is 23.7 Å². The molecule has 0 aliphatic heterocycles. The van der Waals surface area contributed by atoms with Crippen molar-refractivity contribution in [1.29, 1.82) is 0 Å². The fourth-order valence-corrected chi connectivity index (χ4v) is 2.62. The predicted molar refractivity (Wildman–Crippen MR) is 79.9 cm³/mol. The lowest BCUT2D eigenvalue weighted by Gasteiger charge is -2.22. The summed E-state index contributed by atoms with van der Waals surface area (Å²) in [5.41, 5.74) is 0.684. The Kier molecular flexibility index (Phi) is 5.01. The van der Waals surface area contributed by atoms with Crippen molar-refractivity contribution < 1.29 is 9.59 Å². The topological polar surface area (TPSA) is 49.4 Å². The van der Waals surface area contributed by atoms with Crippen LogP contribution in [0.1, 0.15) is 32.6 Å². The van der Waals surface area contributed by atoms with E-state index in [1.165, 1.54) is 24.7 Å². The molecule has 2 rings (SSSR count). The molecule has 1 aromatic rings. The van der Waals surface area contributed by atoms with Gasteiger partial charge in [0.05, 0.1) is 0 Å². The zero-order valence-electron chi connectivity index (χ0n) is 11.6. The Morgan fingerprint density at radius 1 is 1.25 bits per heavy atom. The Morgan fingerprint density at radius 3 is 2.40 bits per heavy atom. The number of amides is 2. The standard InChI is InChI=1S/C15H19ClN2O2/c1-11(19)18(14-8-6-12(16)7-9-14)10-15(20)17-13-4-2-3-5-13/h6-9,13H,2-5,10H2,1H3,(H,17,20). The highest BCUT2D eigenvalue weighted by atomic mass is 35.5. The van der Waals surface area contributed by atoms with Gasteiger partial charge < -0.3 is 10.2 Å². The third kappa shape index (κ3) is 3.97. The maximum atomic E-state index is 12.0. The molecule has 0 radical (unpaired) electrons. The molecule has 0 aromatic heterocycles. The third-order valence-electron chi connectivity index (χ3n) is 3.54. The molecule has 108 valence electrons. The van der Waals surface area contributed by atoms with Crippen molar-refractivity contribution in [3.05, 3.63) is 29.3 Å². The lowest BCUT2D eigenvalue weighted by Crippen LogP contribution is -2.43. The molecule has 20 heavy (non-hydrogen) atoms. The number of benzene rings is 1. The van der Waals surface area contributed by atoms with E-state index in [2.05, 4.69) is 5.32 Å². The van der Waals surface area contributed by atoms with Crippen LogP contribution < -0.4 is 10.2 Å². The van der Waals surface area contributed by atoms with E-state index >= 15 is 0 Å². The lowest BCUT2D eigenvalue weighted by atomic mass is 10.2. The molecule has 1 aliphatic rings. The summed E-state index contributed by atoms with van der Waals surface area (Å²) >= 11 is 5.83. The molecule has 0 unspecified atom stereocenters. The maximum absolute atomic E-state index is 12.0. The Morgan fingerprint density at radius 2 is 1.85 bits per heavy atom. The second-order valence-electron chi connectivity index (χ2n) is 5.13. The van der Waals surface area contributed by atoms with E-state index in [1.54, 1.807) is 24.3 Å². The fraction of sp³-hybridized carbons (Fsp3) is 0.467. The second kappa shape index (κ2) is 6.75. The van der Waals surface area contributed by atoms with Gasteiger partial charge in [-0.3, -0.25) is 9.59 Å². The first-order valence-corrected chi connectivity index (χ1v) is 7.27. The minimum Gasteiger partial charge on any atom is -0.352 e. The summed E-state index contributed by atoms with van der Waals surface area (Å²) in [6.45, 7) is 1.50. The van der Waals surface area contributed by atoms with Crippen LogP contribution >= 0.6 is 11.6 Å².